The first-order valence-electron chi connectivity index (χ1n) is 5.95. The van der Waals surface area contributed by atoms with Crippen molar-refractivity contribution in [3.05, 3.63) is 30.1 Å². The van der Waals surface area contributed by atoms with Gasteiger partial charge >= 0.3 is 0 Å². The van der Waals surface area contributed by atoms with Crippen LogP contribution in [0.1, 0.15) is 19.8 Å². The van der Waals surface area contributed by atoms with Crippen LogP contribution in [0.4, 0.5) is 4.39 Å². The number of carbonyl (C=O) groups is 1. The van der Waals surface area contributed by atoms with E-state index in [4.69, 9.17) is 0 Å². The standard InChI is InChI=1S/C13H18FNO2S/c1-2-5-10(16)8-15-13(17)9-18-12-7-4-3-6-11(12)14/h3-4,6-7,10,16H,2,5,8-9H2,1H3,(H,15,17). The zero-order chi connectivity index (χ0) is 13.4. The maximum atomic E-state index is 13.3. The Bertz CT molecular complexity index is 387. The number of nitrogens with one attached hydrogen (secondary N) is 1. The molecule has 5 heteroatoms. The Balaban J connectivity index is 2.27. The number of hydrogen-bond acceptors (Lipinski definition) is 3. The number of halogens is 1. The summed E-state index contributed by atoms with van der Waals surface area (Å²) in [5.74, 6) is -0.362. The Hall–Kier alpha value is -1.07. The van der Waals surface area contributed by atoms with Crippen LogP contribution in [0.5, 0.6) is 0 Å². The van der Waals surface area contributed by atoms with Crippen molar-refractivity contribution in [1.82, 2.24) is 5.32 Å². The van der Waals surface area contributed by atoms with Crippen LogP contribution < -0.4 is 5.32 Å². The molecule has 0 bridgehead atoms. The number of carbonyl (C=O) groups excluding carboxylic acids is 1. The highest BCUT2D eigenvalue weighted by Gasteiger charge is 2.08. The molecule has 0 aromatic heterocycles. The number of hydrogen-bond donors (Lipinski definition) is 2. The van der Waals surface area contributed by atoms with Crippen LogP contribution in [0, 0.1) is 5.82 Å². The molecule has 3 nitrogen and oxygen atoms in total. The van der Waals surface area contributed by atoms with E-state index < -0.39 is 6.10 Å². The number of aliphatic hydroxyl groups excluding tert-OH is 1. The van der Waals surface area contributed by atoms with E-state index in [9.17, 15) is 14.3 Å². The summed E-state index contributed by atoms with van der Waals surface area (Å²) in [5.41, 5.74) is 0. The summed E-state index contributed by atoms with van der Waals surface area (Å²) >= 11 is 1.15. The van der Waals surface area contributed by atoms with Crippen LogP contribution in [0.2, 0.25) is 0 Å². The minimum Gasteiger partial charge on any atom is -0.391 e. The van der Waals surface area contributed by atoms with Crippen molar-refractivity contribution in [3.8, 4) is 0 Å². The Labute approximate surface area is 111 Å². The highest BCUT2D eigenvalue weighted by atomic mass is 32.2. The molecular formula is C13H18FNO2S. The maximum absolute atomic E-state index is 13.3. The molecule has 1 aromatic rings. The maximum Gasteiger partial charge on any atom is 0.230 e. The molecule has 1 aromatic carbocycles. The minimum atomic E-state index is -0.502. The molecular weight excluding hydrogens is 253 g/mol. The number of amides is 1. The number of thioether (sulfide) groups is 1. The third-order valence-corrected chi connectivity index (χ3v) is 3.40. The minimum absolute atomic E-state index is 0.153. The Kier molecular flexibility index (Phi) is 6.75. The Morgan fingerprint density at radius 2 is 2.22 bits per heavy atom. The normalized spacial score (nSPS) is 12.2. The Morgan fingerprint density at radius 1 is 1.50 bits per heavy atom. The average Bonchev–Trinajstić information content (AvgIpc) is 2.36. The van der Waals surface area contributed by atoms with Crippen LogP contribution in [0.15, 0.2) is 29.2 Å². The first-order valence-corrected chi connectivity index (χ1v) is 6.94. The lowest BCUT2D eigenvalue weighted by molar-refractivity contribution is -0.119. The summed E-state index contributed by atoms with van der Waals surface area (Å²) in [6, 6.07) is 6.35. The second-order valence-corrected chi connectivity index (χ2v) is 4.98. The first-order chi connectivity index (χ1) is 8.63. The smallest absolute Gasteiger partial charge is 0.230 e. The second kappa shape index (κ2) is 8.11. The zero-order valence-corrected chi connectivity index (χ0v) is 11.2. The van der Waals surface area contributed by atoms with Gasteiger partial charge in [-0.05, 0) is 18.6 Å². The fourth-order valence-corrected chi connectivity index (χ4v) is 2.19. The van der Waals surface area contributed by atoms with Gasteiger partial charge in [0.1, 0.15) is 5.82 Å². The van der Waals surface area contributed by atoms with E-state index in [1.165, 1.54) is 6.07 Å². The largest absolute Gasteiger partial charge is 0.391 e. The molecule has 0 spiro atoms. The van der Waals surface area contributed by atoms with Crippen molar-refractivity contribution >= 4 is 17.7 Å². The van der Waals surface area contributed by atoms with E-state index in [-0.39, 0.29) is 24.0 Å². The lowest BCUT2D eigenvalue weighted by Crippen LogP contribution is -2.33. The van der Waals surface area contributed by atoms with E-state index in [1.807, 2.05) is 6.92 Å². The van der Waals surface area contributed by atoms with Crippen LogP contribution in [0.3, 0.4) is 0 Å². The molecule has 1 rings (SSSR count). The van der Waals surface area contributed by atoms with Crippen molar-refractivity contribution in [2.24, 2.45) is 0 Å². The Morgan fingerprint density at radius 3 is 2.89 bits per heavy atom. The fraction of sp³-hybridized carbons (Fsp3) is 0.462. The van der Waals surface area contributed by atoms with Crippen molar-refractivity contribution in [2.75, 3.05) is 12.3 Å². The molecule has 0 aliphatic heterocycles. The molecule has 1 atom stereocenters. The molecule has 0 heterocycles. The van der Waals surface area contributed by atoms with Gasteiger partial charge in [0.15, 0.2) is 0 Å². The number of aliphatic hydroxyl groups is 1. The summed E-state index contributed by atoms with van der Waals surface area (Å²) in [5, 5.41) is 12.1. The van der Waals surface area contributed by atoms with E-state index >= 15 is 0 Å². The van der Waals surface area contributed by atoms with E-state index in [1.54, 1.807) is 18.2 Å². The number of rotatable bonds is 7. The van der Waals surface area contributed by atoms with Gasteiger partial charge in [-0.2, -0.15) is 0 Å². The highest BCUT2D eigenvalue weighted by Crippen LogP contribution is 2.20. The summed E-state index contributed by atoms with van der Waals surface area (Å²) in [6.45, 7) is 2.23. The zero-order valence-electron chi connectivity index (χ0n) is 10.4. The van der Waals surface area contributed by atoms with Crippen molar-refractivity contribution in [1.29, 1.82) is 0 Å². The molecule has 0 aliphatic rings. The third kappa shape index (κ3) is 5.51. The molecule has 1 unspecified atom stereocenters. The SMILES string of the molecule is CCCC(O)CNC(=O)CSc1ccccc1F. The molecule has 0 fully saturated rings. The van der Waals surface area contributed by atoms with Gasteiger partial charge in [-0.1, -0.05) is 25.5 Å². The van der Waals surface area contributed by atoms with Gasteiger partial charge in [-0.15, -0.1) is 11.8 Å². The van der Waals surface area contributed by atoms with E-state index in [0.717, 1.165) is 18.2 Å². The highest BCUT2D eigenvalue weighted by molar-refractivity contribution is 8.00. The van der Waals surface area contributed by atoms with E-state index in [0.29, 0.717) is 11.3 Å². The fourth-order valence-electron chi connectivity index (χ4n) is 1.42. The van der Waals surface area contributed by atoms with Gasteiger partial charge < -0.3 is 10.4 Å². The molecule has 0 saturated heterocycles. The molecule has 18 heavy (non-hydrogen) atoms. The van der Waals surface area contributed by atoms with Gasteiger partial charge in [-0.3, -0.25) is 4.79 Å². The monoisotopic (exact) mass is 271 g/mol. The van der Waals surface area contributed by atoms with Gasteiger partial charge in [0.25, 0.3) is 0 Å². The second-order valence-electron chi connectivity index (χ2n) is 3.97. The summed E-state index contributed by atoms with van der Waals surface area (Å²) in [7, 11) is 0. The van der Waals surface area contributed by atoms with Crippen molar-refractivity contribution in [3.63, 3.8) is 0 Å². The van der Waals surface area contributed by atoms with Crippen LogP contribution >= 0.6 is 11.8 Å². The topological polar surface area (TPSA) is 49.3 Å². The third-order valence-electron chi connectivity index (χ3n) is 2.35. The van der Waals surface area contributed by atoms with Gasteiger partial charge in [0.2, 0.25) is 5.91 Å². The molecule has 0 radical (unpaired) electrons. The lowest BCUT2D eigenvalue weighted by Gasteiger charge is -2.10. The molecule has 100 valence electrons. The molecule has 1 amide bonds. The predicted molar refractivity (Wildman–Crippen MR) is 71.0 cm³/mol. The molecule has 0 aliphatic carbocycles. The summed E-state index contributed by atoms with van der Waals surface area (Å²) in [6.07, 6.45) is 1.04. The first kappa shape index (κ1) is 15.0. The van der Waals surface area contributed by atoms with Crippen molar-refractivity contribution in [2.45, 2.75) is 30.8 Å². The van der Waals surface area contributed by atoms with Crippen LogP contribution in [-0.4, -0.2) is 29.4 Å². The summed E-state index contributed by atoms with van der Waals surface area (Å²) < 4.78 is 13.3. The van der Waals surface area contributed by atoms with Crippen molar-refractivity contribution < 1.29 is 14.3 Å². The van der Waals surface area contributed by atoms with Crippen LogP contribution in [-0.2, 0) is 4.79 Å². The number of benzene rings is 1. The lowest BCUT2D eigenvalue weighted by atomic mass is 10.2. The van der Waals surface area contributed by atoms with Gasteiger partial charge in [0, 0.05) is 11.4 Å². The molecule has 0 saturated carbocycles. The van der Waals surface area contributed by atoms with Gasteiger partial charge in [-0.25, -0.2) is 4.39 Å². The van der Waals surface area contributed by atoms with Crippen LogP contribution in [0.25, 0.3) is 0 Å². The quantitative estimate of drug-likeness (QED) is 0.747. The predicted octanol–water partition coefficient (Wildman–Crippen LogP) is 2.20. The van der Waals surface area contributed by atoms with Gasteiger partial charge in [0.05, 0.1) is 11.9 Å². The molecule has 2 N–H and O–H groups in total. The average molecular weight is 271 g/mol. The van der Waals surface area contributed by atoms with E-state index in [2.05, 4.69) is 5.32 Å². The summed E-state index contributed by atoms with van der Waals surface area (Å²) in [4.78, 5) is 11.9.